The van der Waals surface area contributed by atoms with E-state index in [1.807, 2.05) is 0 Å². The fraction of sp³-hybridized carbons (Fsp3) is 0.956. The van der Waals surface area contributed by atoms with E-state index in [1.165, 1.54) is 289 Å². The van der Waals surface area contributed by atoms with E-state index in [2.05, 4.69) is 48.5 Å². The monoisotopic (exact) mass is 1590 g/mol. The van der Waals surface area contributed by atoms with Crippen LogP contribution in [0.3, 0.4) is 0 Å². The van der Waals surface area contributed by atoms with Gasteiger partial charge in [-0.15, -0.1) is 0 Å². The molecule has 0 aliphatic rings. The van der Waals surface area contributed by atoms with E-state index in [1.54, 1.807) is 0 Å². The molecular weight excluding hydrogens is 1410 g/mol. The number of phosphoric acid groups is 2. The van der Waals surface area contributed by atoms with Crippen molar-refractivity contribution in [3.63, 3.8) is 0 Å². The lowest BCUT2D eigenvalue weighted by Crippen LogP contribution is -2.30. The van der Waals surface area contributed by atoms with Crippen LogP contribution in [-0.2, 0) is 65.4 Å². The molecule has 0 heterocycles. The molecule has 0 radical (unpaired) electrons. The molecule has 0 saturated carbocycles. The highest BCUT2D eigenvalue weighted by Crippen LogP contribution is 2.45. The van der Waals surface area contributed by atoms with Crippen molar-refractivity contribution in [3.05, 3.63) is 0 Å². The topological polar surface area (TPSA) is 237 Å². The van der Waals surface area contributed by atoms with Gasteiger partial charge in [-0.1, -0.05) is 427 Å². The van der Waals surface area contributed by atoms with Crippen molar-refractivity contribution < 1.29 is 80.2 Å². The smallest absolute Gasteiger partial charge is 0.462 e. The van der Waals surface area contributed by atoms with Crippen LogP contribution in [0.1, 0.15) is 479 Å². The standard InChI is InChI=1S/C90H176O17P2/c1-8-10-11-12-13-14-15-16-17-18-19-20-21-25-28-31-37-42-50-57-64-71-87(92)100-77-85(106-89(94)73-66-59-52-43-38-32-29-26-23-22-24-27-30-36-41-49-56-63-70-83(7)9-2)79-104-108(96,97)102-75-84(91)76-103-109(98,99)105-80-86(78-101-88(93)72-65-58-51-46-45-48-55-62-69-82(5)6)107-90(95)74-67-60-53-44-39-34-33-35-40-47-54-61-68-81(3)4/h81-86,91H,8-80H2,1-7H3,(H,96,97)(H,98,99)/t83?,84-,85-,86-/m1/s1. The molecule has 109 heavy (non-hydrogen) atoms. The van der Waals surface area contributed by atoms with E-state index >= 15 is 0 Å². The van der Waals surface area contributed by atoms with Gasteiger partial charge in [-0.3, -0.25) is 37.3 Å². The zero-order chi connectivity index (χ0) is 80.0. The maximum absolute atomic E-state index is 13.2. The number of unbranched alkanes of at least 4 members (excludes halogenated alkanes) is 55. The van der Waals surface area contributed by atoms with Crippen molar-refractivity contribution in [2.24, 2.45) is 17.8 Å². The average Bonchev–Trinajstić information content (AvgIpc) is 0.900. The Hall–Kier alpha value is -1.94. The summed E-state index contributed by atoms with van der Waals surface area (Å²) in [5.41, 5.74) is 0. The first-order chi connectivity index (χ1) is 52.8. The van der Waals surface area contributed by atoms with Gasteiger partial charge in [0.1, 0.15) is 19.3 Å². The summed E-state index contributed by atoms with van der Waals surface area (Å²) in [4.78, 5) is 73.3. The minimum atomic E-state index is -4.97. The zero-order valence-electron chi connectivity index (χ0n) is 72.0. The Balaban J connectivity index is 5.23. The summed E-state index contributed by atoms with van der Waals surface area (Å²) < 4.78 is 69.0. The van der Waals surface area contributed by atoms with Crippen LogP contribution in [0.25, 0.3) is 0 Å². The van der Waals surface area contributed by atoms with Crippen LogP contribution in [0.15, 0.2) is 0 Å². The molecular formula is C90H176O17P2. The highest BCUT2D eigenvalue weighted by molar-refractivity contribution is 7.47. The van der Waals surface area contributed by atoms with Crippen LogP contribution in [0.2, 0.25) is 0 Å². The maximum Gasteiger partial charge on any atom is 0.472 e. The van der Waals surface area contributed by atoms with Crippen LogP contribution in [0.5, 0.6) is 0 Å². The van der Waals surface area contributed by atoms with E-state index in [4.69, 9.17) is 37.0 Å². The molecule has 0 amide bonds. The first-order valence-electron chi connectivity index (χ1n) is 46.4. The lowest BCUT2D eigenvalue weighted by atomic mass is 9.99. The molecule has 0 saturated heterocycles. The Morgan fingerprint density at radius 2 is 0.468 bits per heavy atom. The minimum absolute atomic E-state index is 0.107. The highest BCUT2D eigenvalue weighted by Gasteiger charge is 2.31. The molecule has 3 unspecified atom stereocenters. The lowest BCUT2D eigenvalue weighted by Gasteiger charge is -2.21. The normalized spacial score (nSPS) is 14.1. The summed E-state index contributed by atoms with van der Waals surface area (Å²) in [6.45, 7) is 12.0. The number of carbonyl (C=O) groups excluding carboxylic acids is 4. The summed E-state index contributed by atoms with van der Waals surface area (Å²) in [6, 6.07) is 0. The fourth-order valence-electron chi connectivity index (χ4n) is 14.0. The summed E-state index contributed by atoms with van der Waals surface area (Å²) in [7, 11) is -9.93. The Morgan fingerprint density at radius 3 is 0.697 bits per heavy atom. The van der Waals surface area contributed by atoms with Gasteiger partial charge in [0.2, 0.25) is 0 Å². The van der Waals surface area contributed by atoms with Gasteiger partial charge < -0.3 is 33.8 Å². The minimum Gasteiger partial charge on any atom is -0.462 e. The zero-order valence-corrected chi connectivity index (χ0v) is 73.8. The molecule has 0 aliphatic carbocycles. The number of hydrogen-bond acceptors (Lipinski definition) is 15. The van der Waals surface area contributed by atoms with E-state index < -0.39 is 97.5 Å². The average molecular weight is 1590 g/mol. The van der Waals surface area contributed by atoms with Crippen LogP contribution < -0.4 is 0 Å². The largest absolute Gasteiger partial charge is 0.472 e. The third-order valence-electron chi connectivity index (χ3n) is 21.5. The van der Waals surface area contributed by atoms with Gasteiger partial charge in [0.05, 0.1) is 26.4 Å². The van der Waals surface area contributed by atoms with E-state index in [9.17, 15) is 43.2 Å². The Bertz CT molecular complexity index is 2100. The quantitative estimate of drug-likeness (QED) is 0.0222. The fourth-order valence-corrected chi connectivity index (χ4v) is 15.6. The molecule has 0 bridgehead atoms. The second kappa shape index (κ2) is 79.9. The van der Waals surface area contributed by atoms with E-state index in [-0.39, 0.29) is 25.7 Å². The molecule has 0 rings (SSSR count). The molecule has 648 valence electrons. The number of aliphatic hydroxyl groups is 1. The first kappa shape index (κ1) is 107. The van der Waals surface area contributed by atoms with Gasteiger partial charge in [0.25, 0.3) is 0 Å². The van der Waals surface area contributed by atoms with Crippen molar-refractivity contribution in [1.82, 2.24) is 0 Å². The molecule has 0 aromatic carbocycles. The summed E-state index contributed by atoms with van der Waals surface area (Å²) in [5, 5.41) is 10.7. The number of carbonyl (C=O) groups is 4. The van der Waals surface area contributed by atoms with Crippen molar-refractivity contribution in [1.29, 1.82) is 0 Å². The molecule has 0 fully saturated rings. The van der Waals surface area contributed by atoms with Gasteiger partial charge in [-0.05, 0) is 43.4 Å². The van der Waals surface area contributed by atoms with Crippen LogP contribution in [0, 0.1) is 17.8 Å². The number of ether oxygens (including phenoxy) is 4. The number of rotatable bonds is 88. The molecule has 6 atom stereocenters. The SMILES string of the molecule is CCCCCCCCCCCCCCCCCCCCCCCC(=O)OC[C@H](COP(=O)(O)OC[C@@H](O)COP(=O)(O)OC[C@@H](COC(=O)CCCCCCCCCCC(C)C)OC(=O)CCCCCCCCCCCCCCC(C)C)OC(=O)CCCCCCCCCCCCCCCCCCCCC(C)CC. The third kappa shape index (κ3) is 82.4. The van der Waals surface area contributed by atoms with Crippen LogP contribution >= 0.6 is 15.6 Å². The first-order valence-corrected chi connectivity index (χ1v) is 49.4. The van der Waals surface area contributed by atoms with Crippen molar-refractivity contribution in [3.8, 4) is 0 Å². The number of esters is 4. The molecule has 0 aromatic rings. The third-order valence-corrected chi connectivity index (χ3v) is 23.4. The van der Waals surface area contributed by atoms with Crippen LogP contribution in [-0.4, -0.2) is 96.7 Å². The second-order valence-electron chi connectivity index (χ2n) is 33.5. The van der Waals surface area contributed by atoms with Gasteiger partial charge >= 0.3 is 39.5 Å². The molecule has 0 spiro atoms. The van der Waals surface area contributed by atoms with Crippen LogP contribution in [0.4, 0.5) is 0 Å². The maximum atomic E-state index is 13.2. The number of aliphatic hydroxyl groups excluding tert-OH is 1. The van der Waals surface area contributed by atoms with Gasteiger partial charge in [-0.25, -0.2) is 9.13 Å². The summed E-state index contributed by atoms with van der Waals surface area (Å²) >= 11 is 0. The highest BCUT2D eigenvalue weighted by atomic mass is 31.2. The molecule has 3 N–H and O–H groups in total. The molecule has 19 heteroatoms. The Morgan fingerprint density at radius 1 is 0.266 bits per heavy atom. The predicted octanol–water partition coefficient (Wildman–Crippen LogP) is 27.6. The Labute approximate surface area is 670 Å². The van der Waals surface area contributed by atoms with Gasteiger partial charge in [-0.2, -0.15) is 0 Å². The van der Waals surface area contributed by atoms with Gasteiger partial charge in [0.15, 0.2) is 12.2 Å². The molecule has 0 aliphatic heterocycles. The summed E-state index contributed by atoms with van der Waals surface area (Å²) in [5.74, 6) is 0.272. The van der Waals surface area contributed by atoms with Crippen molar-refractivity contribution >= 4 is 39.5 Å². The van der Waals surface area contributed by atoms with Gasteiger partial charge in [0, 0.05) is 25.7 Å². The second-order valence-corrected chi connectivity index (χ2v) is 36.4. The van der Waals surface area contributed by atoms with Crippen molar-refractivity contribution in [2.45, 2.75) is 497 Å². The molecule has 0 aromatic heterocycles. The Kier molecular flexibility index (Phi) is 78.5. The summed E-state index contributed by atoms with van der Waals surface area (Å²) in [6.07, 6.45) is 72.4. The number of phosphoric ester groups is 2. The predicted molar refractivity (Wildman–Crippen MR) is 451 cm³/mol. The number of hydrogen-bond donors (Lipinski definition) is 3. The van der Waals surface area contributed by atoms with Crippen molar-refractivity contribution in [2.75, 3.05) is 39.6 Å². The lowest BCUT2D eigenvalue weighted by molar-refractivity contribution is -0.161. The molecule has 17 nitrogen and oxygen atoms in total. The van der Waals surface area contributed by atoms with E-state index in [0.29, 0.717) is 25.7 Å². The van der Waals surface area contributed by atoms with E-state index in [0.717, 1.165) is 108 Å².